The number of quaternary nitrogens is 1. The maximum atomic E-state index is 11.0. The lowest BCUT2D eigenvalue weighted by Crippen LogP contribution is -2.87. The Morgan fingerprint density at radius 3 is 2.56 bits per heavy atom. The molecule has 0 spiro atoms. The number of hydrogen-bond acceptors (Lipinski definition) is 4. The topological polar surface area (TPSA) is 98.4 Å². The first-order valence-corrected chi connectivity index (χ1v) is 8.27. The number of para-hydroxylation sites is 1. The molecule has 2 rings (SSSR count). The van der Waals surface area contributed by atoms with Gasteiger partial charge in [-0.1, -0.05) is 18.2 Å². The van der Waals surface area contributed by atoms with Crippen molar-refractivity contribution in [3.05, 3.63) is 59.7 Å². The molecule has 0 saturated heterocycles. The molecular weight excluding hydrogens is 320 g/mol. The number of hydrogen-bond donors (Lipinski definition) is 3. The van der Waals surface area contributed by atoms with E-state index in [-0.39, 0.29) is 6.61 Å². The largest absolute Gasteiger partial charge is 0.490 e. The summed E-state index contributed by atoms with van der Waals surface area (Å²) < 4.78 is 11.2. The highest BCUT2D eigenvalue weighted by atomic mass is 16.5. The van der Waals surface area contributed by atoms with Crippen LogP contribution in [0.4, 0.5) is 0 Å². The molecule has 0 saturated carbocycles. The van der Waals surface area contributed by atoms with Gasteiger partial charge in [-0.25, -0.2) is 0 Å². The molecule has 0 aliphatic heterocycles. The normalized spacial score (nSPS) is 11.8. The third kappa shape index (κ3) is 6.45. The lowest BCUT2D eigenvalue weighted by atomic mass is 10.2. The van der Waals surface area contributed by atoms with Crippen molar-refractivity contribution in [1.82, 2.24) is 0 Å². The third-order valence-corrected chi connectivity index (χ3v) is 3.69. The van der Waals surface area contributed by atoms with Crippen molar-refractivity contribution in [3.8, 4) is 11.5 Å². The quantitative estimate of drug-likeness (QED) is 0.545. The molecule has 25 heavy (non-hydrogen) atoms. The van der Waals surface area contributed by atoms with Gasteiger partial charge in [0.2, 0.25) is 5.91 Å². The number of carbonyl (C=O) groups is 1. The average molecular weight is 345 g/mol. The Labute approximate surface area is 147 Å². The summed E-state index contributed by atoms with van der Waals surface area (Å²) in [5, 5.41) is 11.9. The van der Waals surface area contributed by atoms with Crippen LogP contribution in [0.2, 0.25) is 0 Å². The Kier molecular flexibility index (Phi) is 7.25. The van der Waals surface area contributed by atoms with E-state index in [1.807, 2.05) is 36.5 Å². The van der Waals surface area contributed by atoms with Gasteiger partial charge in [-0.15, -0.1) is 0 Å². The predicted octanol–water partition coefficient (Wildman–Crippen LogP) is 0.476. The zero-order chi connectivity index (χ0) is 18.1. The summed E-state index contributed by atoms with van der Waals surface area (Å²) >= 11 is 0. The van der Waals surface area contributed by atoms with Crippen molar-refractivity contribution < 1.29 is 24.7 Å². The summed E-state index contributed by atoms with van der Waals surface area (Å²) in [6, 6.07) is 14.4. The van der Waals surface area contributed by atoms with Gasteiger partial charge >= 0.3 is 0 Å². The number of nitrogens with two attached hydrogens (primary N) is 2. The van der Waals surface area contributed by atoms with Crippen LogP contribution >= 0.6 is 0 Å². The van der Waals surface area contributed by atoms with Crippen molar-refractivity contribution >= 4 is 5.91 Å². The van der Waals surface area contributed by atoms with E-state index in [1.165, 1.54) is 0 Å². The molecule has 2 aromatic carbocycles. The van der Waals surface area contributed by atoms with E-state index in [4.69, 9.17) is 15.2 Å². The smallest absolute Gasteiger partial charge is 0.248 e. The molecular formula is C19H25N2O4+. The molecule has 2 aromatic rings. The van der Waals surface area contributed by atoms with Crippen molar-refractivity contribution in [2.24, 2.45) is 5.73 Å². The first-order chi connectivity index (χ1) is 12.1. The van der Waals surface area contributed by atoms with Gasteiger partial charge in [0.15, 0.2) is 0 Å². The zero-order valence-electron chi connectivity index (χ0n) is 14.4. The second-order valence-electron chi connectivity index (χ2n) is 5.78. The zero-order valence-corrected chi connectivity index (χ0v) is 14.4. The number of aliphatic hydroxyl groups excluding tert-OH is 1. The highest BCUT2D eigenvalue weighted by Crippen LogP contribution is 2.16. The Balaban J connectivity index is 1.59. The summed E-state index contributed by atoms with van der Waals surface area (Å²) in [7, 11) is 0. The molecule has 0 aliphatic rings. The van der Waals surface area contributed by atoms with Gasteiger partial charge in [-0.05, 0) is 42.8 Å². The highest BCUT2D eigenvalue weighted by Gasteiger charge is 2.08. The van der Waals surface area contributed by atoms with E-state index in [0.717, 1.165) is 11.3 Å². The van der Waals surface area contributed by atoms with Crippen LogP contribution in [-0.2, 0) is 0 Å². The monoisotopic (exact) mass is 345 g/mol. The maximum absolute atomic E-state index is 11.0. The Morgan fingerprint density at radius 1 is 1.16 bits per heavy atom. The highest BCUT2D eigenvalue weighted by molar-refractivity contribution is 5.92. The van der Waals surface area contributed by atoms with Gasteiger partial charge < -0.3 is 25.6 Å². The van der Waals surface area contributed by atoms with Crippen LogP contribution in [0.1, 0.15) is 15.9 Å². The van der Waals surface area contributed by atoms with Crippen LogP contribution in [0, 0.1) is 6.92 Å². The number of carbonyl (C=O) groups excluding carboxylic acids is 1. The van der Waals surface area contributed by atoms with Gasteiger partial charge in [0.05, 0.1) is 0 Å². The molecule has 0 radical (unpaired) electrons. The number of amides is 1. The second kappa shape index (κ2) is 9.66. The Morgan fingerprint density at radius 2 is 1.88 bits per heavy atom. The lowest BCUT2D eigenvalue weighted by Gasteiger charge is -2.13. The molecule has 0 bridgehead atoms. The lowest BCUT2D eigenvalue weighted by molar-refractivity contribution is -0.661. The molecule has 0 unspecified atom stereocenters. The van der Waals surface area contributed by atoms with E-state index in [1.54, 1.807) is 24.3 Å². The van der Waals surface area contributed by atoms with E-state index >= 15 is 0 Å². The molecule has 0 heterocycles. The fourth-order valence-corrected chi connectivity index (χ4v) is 2.26. The van der Waals surface area contributed by atoms with Crippen LogP contribution in [0.3, 0.4) is 0 Å². The minimum Gasteiger partial charge on any atom is -0.490 e. The van der Waals surface area contributed by atoms with Crippen LogP contribution in [0.25, 0.3) is 0 Å². The Hall–Kier alpha value is -2.57. The van der Waals surface area contributed by atoms with Gasteiger partial charge in [-0.3, -0.25) is 4.79 Å². The molecule has 6 nitrogen and oxygen atoms in total. The summed E-state index contributed by atoms with van der Waals surface area (Å²) in [5.41, 5.74) is 6.69. The minimum absolute atomic E-state index is 0.261. The predicted molar refractivity (Wildman–Crippen MR) is 94.8 cm³/mol. The van der Waals surface area contributed by atoms with Crippen LogP contribution in [0.5, 0.6) is 11.5 Å². The van der Waals surface area contributed by atoms with E-state index in [2.05, 4.69) is 0 Å². The van der Waals surface area contributed by atoms with E-state index in [0.29, 0.717) is 31.0 Å². The van der Waals surface area contributed by atoms with E-state index < -0.39 is 12.0 Å². The molecule has 6 heteroatoms. The molecule has 0 aliphatic carbocycles. The van der Waals surface area contributed by atoms with Gasteiger partial charge in [0.25, 0.3) is 0 Å². The average Bonchev–Trinajstić information content (AvgIpc) is 2.61. The number of rotatable bonds is 10. The number of benzene rings is 2. The summed E-state index contributed by atoms with van der Waals surface area (Å²) in [5.74, 6) is 1.02. The first kappa shape index (κ1) is 18.8. The fraction of sp³-hybridized carbons (Fsp3) is 0.316. The van der Waals surface area contributed by atoms with E-state index in [9.17, 15) is 9.90 Å². The number of aliphatic hydroxyl groups is 1. The molecule has 0 fully saturated rings. The molecule has 1 atom stereocenters. The first-order valence-electron chi connectivity index (χ1n) is 8.27. The fourth-order valence-electron chi connectivity index (χ4n) is 2.26. The maximum Gasteiger partial charge on any atom is 0.248 e. The minimum atomic E-state index is -0.547. The van der Waals surface area contributed by atoms with Crippen LogP contribution in [0.15, 0.2) is 48.5 Å². The van der Waals surface area contributed by atoms with Gasteiger partial charge in [-0.2, -0.15) is 0 Å². The molecule has 134 valence electrons. The SMILES string of the molecule is Cc1ccccc1OC[C@H](O)C[NH2+]CCOc1ccc(C(N)=O)cc1. The van der Waals surface area contributed by atoms with Gasteiger partial charge in [0.1, 0.15) is 43.9 Å². The van der Waals surface area contributed by atoms with Gasteiger partial charge in [0, 0.05) is 5.56 Å². The molecule has 1 amide bonds. The Bertz CT molecular complexity index is 673. The van der Waals surface area contributed by atoms with Crippen molar-refractivity contribution in [1.29, 1.82) is 0 Å². The number of primary amides is 1. The van der Waals surface area contributed by atoms with Crippen LogP contribution in [-0.4, -0.2) is 43.4 Å². The standard InChI is InChI=1S/C19H24N2O4/c1-14-4-2-3-5-18(14)25-13-16(22)12-21-10-11-24-17-8-6-15(7-9-17)19(20)23/h2-9,16,21-22H,10-13H2,1H3,(H2,20,23)/p+1/t16-/m1/s1. The van der Waals surface area contributed by atoms with Crippen molar-refractivity contribution in [2.45, 2.75) is 13.0 Å². The number of ether oxygens (including phenoxy) is 2. The summed E-state index contributed by atoms with van der Waals surface area (Å²) in [4.78, 5) is 11.0. The number of aryl methyl sites for hydroxylation is 1. The van der Waals surface area contributed by atoms with Crippen molar-refractivity contribution in [2.75, 3.05) is 26.3 Å². The summed E-state index contributed by atoms with van der Waals surface area (Å²) in [6.07, 6.45) is -0.547. The van der Waals surface area contributed by atoms with Crippen LogP contribution < -0.4 is 20.5 Å². The summed E-state index contributed by atoms with van der Waals surface area (Å²) in [6.45, 7) is 3.98. The third-order valence-electron chi connectivity index (χ3n) is 3.69. The molecule has 0 aromatic heterocycles. The van der Waals surface area contributed by atoms with Crippen molar-refractivity contribution in [3.63, 3.8) is 0 Å². The molecule has 5 N–H and O–H groups in total. The second-order valence-corrected chi connectivity index (χ2v) is 5.78.